The zero-order valence-electron chi connectivity index (χ0n) is 12.5. The molecule has 3 fully saturated rings. The highest BCUT2D eigenvalue weighted by molar-refractivity contribution is 5.78. The SMILES string of the molecule is COC(=O)C(CN)(CC1CCC2(CCCC2)O1)C1CC1. The zero-order valence-corrected chi connectivity index (χ0v) is 12.5. The predicted molar refractivity (Wildman–Crippen MR) is 76.2 cm³/mol. The number of carbonyl (C=O) groups excluding carboxylic acids is 1. The molecule has 2 aliphatic carbocycles. The molecule has 2 N–H and O–H groups in total. The van der Waals surface area contributed by atoms with Gasteiger partial charge in [0.05, 0.1) is 24.2 Å². The van der Waals surface area contributed by atoms with E-state index in [9.17, 15) is 4.79 Å². The van der Waals surface area contributed by atoms with Crippen LogP contribution in [0.5, 0.6) is 0 Å². The van der Waals surface area contributed by atoms with E-state index < -0.39 is 5.41 Å². The maximum atomic E-state index is 12.3. The standard InChI is InChI=1S/C16H27NO3/c1-19-14(18)16(11-17,12-4-5-12)10-13-6-9-15(20-13)7-2-3-8-15/h12-13H,2-11,17H2,1H3. The van der Waals surface area contributed by atoms with Gasteiger partial charge >= 0.3 is 5.97 Å². The molecule has 2 atom stereocenters. The van der Waals surface area contributed by atoms with Crippen LogP contribution in [0.3, 0.4) is 0 Å². The van der Waals surface area contributed by atoms with Gasteiger partial charge in [-0.1, -0.05) is 12.8 Å². The van der Waals surface area contributed by atoms with Crippen molar-refractivity contribution in [3.8, 4) is 0 Å². The Balaban J connectivity index is 1.69. The van der Waals surface area contributed by atoms with Gasteiger partial charge in [0.25, 0.3) is 0 Å². The minimum absolute atomic E-state index is 0.126. The zero-order chi connectivity index (χ0) is 14.2. The molecule has 3 aliphatic rings. The first kappa shape index (κ1) is 14.3. The van der Waals surface area contributed by atoms with Gasteiger partial charge in [0, 0.05) is 6.54 Å². The third-order valence-electron chi connectivity index (χ3n) is 5.76. The molecule has 1 saturated heterocycles. The second kappa shape index (κ2) is 5.30. The van der Waals surface area contributed by atoms with Crippen LogP contribution in [0.1, 0.15) is 57.8 Å². The Morgan fingerprint density at radius 3 is 2.55 bits per heavy atom. The number of hydrogen-bond acceptors (Lipinski definition) is 4. The summed E-state index contributed by atoms with van der Waals surface area (Å²) in [4.78, 5) is 12.3. The molecule has 0 bridgehead atoms. The largest absolute Gasteiger partial charge is 0.469 e. The Kier molecular flexibility index (Phi) is 3.80. The van der Waals surface area contributed by atoms with Crippen LogP contribution in [-0.4, -0.2) is 31.3 Å². The number of hydrogen-bond donors (Lipinski definition) is 1. The van der Waals surface area contributed by atoms with Crippen molar-refractivity contribution in [2.24, 2.45) is 17.1 Å². The van der Waals surface area contributed by atoms with E-state index in [4.69, 9.17) is 15.2 Å². The molecule has 20 heavy (non-hydrogen) atoms. The molecule has 1 spiro atoms. The van der Waals surface area contributed by atoms with Crippen LogP contribution in [0.2, 0.25) is 0 Å². The second-order valence-corrected chi connectivity index (χ2v) is 7.00. The number of carbonyl (C=O) groups is 1. The lowest BCUT2D eigenvalue weighted by Gasteiger charge is -2.33. The summed E-state index contributed by atoms with van der Waals surface area (Å²) in [5.41, 5.74) is 5.63. The van der Waals surface area contributed by atoms with Gasteiger partial charge in [-0.15, -0.1) is 0 Å². The summed E-state index contributed by atoms with van der Waals surface area (Å²) in [6.45, 7) is 0.386. The Morgan fingerprint density at radius 2 is 2.00 bits per heavy atom. The minimum Gasteiger partial charge on any atom is -0.469 e. The Morgan fingerprint density at radius 1 is 1.30 bits per heavy atom. The highest BCUT2D eigenvalue weighted by Gasteiger charge is 2.54. The van der Waals surface area contributed by atoms with E-state index in [1.54, 1.807) is 0 Å². The van der Waals surface area contributed by atoms with Crippen molar-refractivity contribution in [1.82, 2.24) is 0 Å². The summed E-state index contributed by atoms with van der Waals surface area (Å²) in [7, 11) is 1.48. The molecule has 114 valence electrons. The van der Waals surface area contributed by atoms with Gasteiger partial charge in [-0.05, 0) is 50.9 Å². The smallest absolute Gasteiger partial charge is 0.313 e. The lowest BCUT2D eigenvalue weighted by molar-refractivity contribution is -0.157. The molecule has 0 radical (unpaired) electrons. The normalized spacial score (nSPS) is 31.4. The van der Waals surface area contributed by atoms with E-state index in [1.165, 1.54) is 32.8 Å². The van der Waals surface area contributed by atoms with E-state index in [1.807, 2.05) is 0 Å². The van der Waals surface area contributed by atoms with Gasteiger partial charge in [0.2, 0.25) is 0 Å². The van der Waals surface area contributed by atoms with E-state index in [0.717, 1.165) is 32.1 Å². The van der Waals surface area contributed by atoms with E-state index >= 15 is 0 Å². The van der Waals surface area contributed by atoms with Crippen LogP contribution in [0.4, 0.5) is 0 Å². The van der Waals surface area contributed by atoms with Gasteiger partial charge in [0.15, 0.2) is 0 Å². The number of rotatable bonds is 5. The van der Waals surface area contributed by atoms with Gasteiger partial charge in [-0.25, -0.2) is 0 Å². The summed E-state index contributed by atoms with van der Waals surface area (Å²) in [6.07, 6.45) is 10.3. The Hall–Kier alpha value is -0.610. The quantitative estimate of drug-likeness (QED) is 0.786. The molecule has 2 unspecified atom stereocenters. The monoisotopic (exact) mass is 281 g/mol. The molecular weight excluding hydrogens is 254 g/mol. The molecule has 4 heteroatoms. The highest BCUT2D eigenvalue weighted by atomic mass is 16.5. The van der Waals surface area contributed by atoms with Crippen LogP contribution in [0.15, 0.2) is 0 Å². The summed E-state index contributed by atoms with van der Waals surface area (Å²) in [5, 5.41) is 0. The van der Waals surface area contributed by atoms with Crippen LogP contribution < -0.4 is 5.73 Å². The molecule has 1 heterocycles. The summed E-state index contributed by atoms with van der Waals surface area (Å²) >= 11 is 0. The van der Waals surface area contributed by atoms with Gasteiger partial charge in [0.1, 0.15) is 0 Å². The fraction of sp³-hybridized carbons (Fsp3) is 0.938. The summed E-state index contributed by atoms with van der Waals surface area (Å²) in [5.74, 6) is 0.280. The van der Waals surface area contributed by atoms with Crippen molar-refractivity contribution in [2.75, 3.05) is 13.7 Å². The summed E-state index contributed by atoms with van der Waals surface area (Å²) < 4.78 is 11.4. The van der Waals surface area contributed by atoms with Gasteiger partial charge in [-0.3, -0.25) is 4.79 Å². The van der Waals surface area contributed by atoms with Crippen LogP contribution >= 0.6 is 0 Å². The molecule has 4 nitrogen and oxygen atoms in total. The average molecular weight is 281 g/mol. The first-order valence-corrected chi connectivity index (χ1v) is 8.10. The van der Waals surface area contributed by atoms with Crippen molar-refractivity contribution in [2.45, 2.75) is 69.5 Å². The fourth-order valence-corrected chi connectivity index (χ4v) is 4.42. The highest BCUT2D eigenvalue weighted by Crippen LogP contribution is 2.52. The molecule has 1 aliphatic heterocycles. The first-order valence-electron chi connectivity index (χ1n) is 8.10. The molecular formula is C16H27NO3. The number of nitrogens with two attached hydrogens (primary N) is 1. The number of ether oxygens (including phenoxy) is 2. The van der Waals surface area contributed by atoms with Crippen LogP contribution in [-0.2, 0) is 14.3 Å². The van der Waals surface area contributed by atoms with Crippen molar-refractivity contribution < 1.29 is 14.3 Å². The topological polar surface area (TPSA) is 61.5 Å². The Bertz CT molecular complexity index is 374. The van der Waals surface area contributed by atoms with Crippen molar-refractivity contribution in [1.29, 1.82) is 0 Å². The fourth-order valence-electron chi connectivity index (χ4n) is 4.42. The second-order valence-electron chi connectivity index (χ2n) is 7.00. The van der Waals surface area contributed by atoms with Crippen molar-refractivity contribution in [3.63, 3.8) is 0 Å². The molecule has 0 aromatic rings. The lowest BCUT2D eigenvalue weighted by Crippen LogP contribution is -2.44. The molecule has 3 rings (SSSR count). The molecule has 0 amide bonds. The summed E-state index contributed by atoms with van der Waals surface area (Å²) in [6, 6.07) is 0. The predicted octanol–water partition coefficient (Wildman–Crippen LogP) is 2.40. The maximum absolute atomic E-state index is 12.3. The lowest BCUT2D eigenvalue weighted by atomic mass is 9.77. The van der Waals surface area contributed by atoms with E-state index in [2.05, 4.69) is 0 Å². The van der Waals surface area contributed by atoms with Gasteiger partial charge in [-0.2, -0.15) is 0 Å². The molecule has 0 aromatic carbocycles. The van der Waals surface area contributed by atoms with Crippen molar-refractivity contribution in [3.05, 3.63) is 0 Å². The van der Waals surface area contributed by atoms with E-state index in [0.29, 0.717) is 12.5 Å². The average Bonchev–Trinajstić information content (AvgIpc) is 3.12. The van der Waals surface area contributed by atoms with Crippen LogP contribution in [0, 0.1) is 11.3 Å². The third kappa shape index (κ3) is 2.37. The Labute approximate surface area is 121 Å². The van der Waals surface area contributed by atoms with Crippen LogP contribution in [0.25, 0.3) is 0 Å². The first-order chi connectivity index (χ1) is 9.64. The molecule has 0 aromatic heterocycles. The number of methoxy groups -OCH3 is 1. The molecule has 2 saturated carbocycles. The minimum atomic E-state index is -0.496. The maximum Gasteiger partial charge on any atom is 0.313 e. The van der Waals surface area contributed by atoms with E-state index in [-0.39, 0.29) is 17.7 Å². The van der Waals surface area contributed by atoms with Gasteiger partial charge < -0.3 is 15.2 Å². The number of esters is 1. The van der Waals surface area contributed by atoms with Crippen molar-refractivity contribution >= 4 is 5.97 Å². The third-order valence-corrected chi connectivity index (χ3v) is 5.76.